The number of nitrogens with zero attached hydrogens (tertiary/aromatic N) is 3. The molecule has 0 N–H and O–H groups in total. The lowest BCUT2D eigenvalue weighted by molar-refractivity contribution is -0.135. The van der Waals surface area contributed by atoms with E-state index in [2.05, 4.69) is 0 Å². The Hall–Kier alpha value is -2.78. The zero-order chi connectivity index (χ0) is 27.2. The van der Waals surface area contributed by atoms with Crippen LogP contribution in [0.4, 0.5) is 4.39 Å². The minimum absolute atomic E-state index is 0.0607. The van der Waals surface area contributed by atoms with Gasteiger partial charge in [-0.2, -0.15) is 4.31 Å². The van der Waals surface area contributed by atoms with Gasteiger partial charge in [-0.25, -0.2) is 12.8 Å². The van der Waals surface area contributed by atoms with Gasteiger partial charge in [0.1, 0.15) is 5.82 Å². The Bertz CT molecular complexity index is 1160. The molecule has 0 bridgehead atoms. The number of benzene rings is 2. The SMILES string of the molecule is CCS(=O)(=O)N(CC(=O)N(Cc1ccc(C)cc1)C1CCN(C(=O)c2ccc(F)cc2)CC1)CC(C)C. The van der Waals surface area contributed by atoms with Crippen LogP contribution in [-0.2, 0) is 21.4 Å². The number of amides is 2. The number of aryl methyl sites for hydroxylation is 1. The monoisotopic (exact) mass is 531 g/mol. The minimum atomic E-state index is -3.54. The van der Waals surface area contributed by atoms with Gasteiger partial charge in [0, 0.05) is 37.8 Å². The molecule has 202 valence electrons. The molecule has 37 heavy (non-hydrogen) atoms. The fourth-order valence-corrected chi connectivity index (χ4v) is 5.77. The summed E-state index contributed by atoms with van der Waals surface area (Å²) >= 11 is 0. The predicted molar refractivity (Wildman–Crippen MR) is 143 cm³/mol. The first kappa shape index (κ1) is 28.8. The van der Waals surface area contributed by atoms with Gasteiger partial charge >= 0.3 is 0 Å². The number of hydrogen-bond acceptors (Lipinski definition) is 4. The highest BCUT2D eigenvalue weighted by Gasteiger charge is 2.33. The normalized spacial score (nSPS) is 14.8. The van der Waals surface area contributed by atoms with Crippen molar-refractivity contribution in [1.82, 2.24) is 14.1 Å². The molecule has 1 heterocycles. The van der Waals surface area contributed by atoms with Gasteiger partial charge in [-0.15, -0.1) is 0 Å². The fourth-order valence-electron chi connectivity index (χ4n) is 4.57. The molecule has 0 spiro atoms. The second-order valence-corrected chi connectivity index (χ2v) is 12.4. The third kappa shape index (κ3) is 7.85. The summed E-state index contributed by atoms with van der Waals surface area (Å²) < 4.78 is 40.0. The average Bonchev–Trinajstić information content (AvgIpc) is 2.87. The zero-order valence-corrected chi connectivity index (χ0v) is 23.0. The zero-order valence-electron chi connectivity index (χ0n) is 22.2. The summed E-state index contributed by atoms with van der Waals surface area (Å²) in [4.78, 5) is 30.0. The highest BCUT2D eigenvalue weighted by molar-refractivity contribution is 7.89. The van der Waals surface area contributed by atoms with Crippen molar-refractivity contribution in [2.75, 3.05) is 31.9 Å². The standard InChI is InChI=1S/C28H38FN3O4S/c1-5-37(35,36)31(18-21(2)3)20-27(33)32(19-23-8-6-22(4)7-9-23)26-14-16-30(17-15-26)28(34)24-10-12-25(29)13-11-24/h6-13,21,26H,5,14-20H2,1-4H3. The summed E-state index contributed by atoms with van der Waals surface area (Å²) in [5, 5.41) is 0. The van der Waals surface area contributed by atoms with Crippen molar-refractivity contribution in [3.8, 4) is 0 Å². The molecule has 1 saturated heterocycles. The number of carbonyl (C=O) groups excluding carboxylic acids is 2. The molecule has 9 heteroatoms. The minimum Gasteiger partial charge on any atom is -0.338 e. The molecule has 2 aromatic carbocycles. The van der Waals surface area contributed by atoms with Gasteiger partial charge in [-0.05, 0) is 62.4 Å². The van der Waals surface area contributed by atoms with Crippen molar-refractivity contribution >= 4 is 21.8 Å². The van der Waals surface area contributed by atoms with E-state index in [4.69, 9.17) is 0 Å². The van der Waals surface area contributed by atoms with Gasteiger partial charge in [0.05, 0.1) is 12.3 Å². The van der Waals surface area contributed by atoms with Crippen LogP contribution in [0.2, 0.25) is 0 Å². The number of likely N-dealkylation sites (tertiary alicyclic amines) is 1. The van der Waals surface area contributed by atoms with E-state index >= 15 is 0 Å². The van der Waals surface area contributed by atoms with Crippen molar-refractivity contribution < 1.29 is 22.4 Å². The Morgan fingerprint density at radius 3 is 2.16 bits per heavy atom. The van der Waals surface area contributed by atoms with Crippen LogP contribution in [0.1, 0.15) is 55.1 Å². The van der Waals surface area contributed by atoms with Crippen LogP contribution >= 0.6 is 0 Å². The third-order valence-electron chi connectivity index (χ3n) is 6.72. The Morgan fingerprint density at radius 1 is 1.03 bits per heavy atom. The topological polar surface area (TPSA) is 78.0 Å². The molecule has 0 aromatic heterocycles. The van der Waals surface area contributed by atoms with E-state index in [1.807, 2.05) is 45.0 Å². The number of sulfonamides is 1. The molecule has 0 saturated carbocycles. The van der Waals surface area contributed by atoms with E-state index in [-0.39, 0.29) is 42.6 Å². The second-order valence-electron chi connectivity index (χ2n) is 10.1. The number of rotatable bonds is 10. The van der Waals surface area contributed by atoms with Crippen molar-refractivity contribution in [3.05, 3.63) is 71.0 Å². The van der Waals surface area contributed by atoms with Crippen LogP contribution in [0.3, 0.4) is 0 Å². The van der Waals surface area contributed by atoms with Gasteiger partial charge in [0.2, 0.25) is 15.9 Å². The molecule has 7 nitrogen and oxygen atoms in total. The Labute approximate surface area is 220 Å². The molecule has 3 rings (SSSR count). The molecule has 2 aromatic rings. The van der Waals surface area contributed by atoms with Crippen molar-refractivity contribution in [2.45, 2.75) is 53.1 Å². The van der Waals surface area contributed by atoms with Gasteiger partial charge in [-0.1, -0.05) is 43.7 Å². The Balaban J connectivity index is 1.77. The first-order valence-corrected chi connectivity index (χ1v) is 14.5. The van der Waals surface area contributed by atoms with Crippen LogP contribution in [0.5, 0.6) is 0 Å². The summed E-state index contributed by atoms with van der Waals surface area (Å²) in [6.07, 6.45) is 1.16. The molecule has 0 radical (unpaired) electrons. The average molecular weight is 532 g/mol. The maximum absolute atomic E-state index is 13.6. The van der Waals surface area contributed by atoms with Gasteiger partial charge in [0.25, 0.3) is 5.91 Å². The number of piperidine rings is 1. The molecule has 2 amide bonds. The van der Waals surface area contributed by atoms with Crippen LogP contribution in [0, 0.1) is 18.7 Å². The van der Waals surface area contributed by atoms with Gasteiger partial charge in [0.15, 0.2) is 0 Å². The highest BCUT2D eigenvalue weighted by Crippen LogP contribution is 2.22. The number of hydrogen-bond donors (Lipinski definition) is 0. The maximum Gasteiger partial charge on any atom is 0.253 e. The van der Waals surface area contributed by atoms with Crippen LogP contribution in [0.25, 0.3) is 0 Å². The quantitative estimate of drug-likeness (QED) is 0.463. The molecular formula is C28H38FN3O4S. The van der Waals surface area contributed by atoms with Crippen LogP contribution in [0.15, 0.2) is 48.5 Å². The van der Waals surface area contributed by atoms with Gasteiger partial charge in [-0.3, -0.25) is 9.59 Å². The lowest BCUT2D eigenvalue weighted by Gasteiger charge is -2.39. The van der Waals surface area contributed by atoms with Crippen molar-refractivity contribution in [3.63, 3.8) is 0 Å². The smallest absolute Gasteiger partial charge is 0.253 e. The van der Waals surface area contributed by atoms with Crippen molar-refractivity contribution in [2.24, 2.45) is 5.92 Å². The van der Waals surface area contributed by atoms with E-state index < -0.39 is 15.8 Å². The third-order valence-corrected chi connectivity index (χ3v) is 8.51. The summed E-state index contributed by atoms with van der Waals surface area (Å²) in [7, 11) is -3.54. The second kappa shape index (κ2) is 12.6. The van der Waals surface area contributed by atoms with Crippen LogP contribution < -0.4 is 0 Å². The largest absolute Gasteiger partial charge is 0.338 e. The summed E-state index contributed by atoms with van der Waals surface area (Å²) in [5.74, 6) is -0.763. The summed E-state index contributed by atoms with van der Waals surface area (Å²) in [6, 6.07) is 13.3. The van der Waals surface area contributed by atoms with E-state index in [0.29, 0.717) is 38.0 Å². The van der Waals surface area contributed by atoms with E-state index in [9.17, 15) is 22.4 Å². The van der Waals surface area contributed by atoms with E-state index in [1.54, 1.807) is 16.7 Å². The number of carbonyl (C=O) groups is 2. The highest BCUT2D eigenvalue weighted by atomic mass is 32.2. The fraction of sp³-hybridized carbons (Fsp3) is 0.500. The molecule has 1 aliphatic heterocycles. The van der Waals surface area contributed by atoms with Gasteiger partial charge < -0.3 is 9.80 Å². The van der Waals surface area contributed by atoms with Crippen molar-refractivity contribution in [1.29, 1.82) is 0 Å². The molecule has 0 atom stereocenters. The summed E-state index contributed by atoms with van der Waals surface area (Å²) in [6.45, 7) is 8.83. The van der Waals surface area contributed by atoms with E-state index in [0.717, 1.165) is 11.1 Å². The Morgan fingerprint density at radius 2 is 1.62 bits per heavy atom. The molecular weight excluding hydrogens is 493 g/mol. The molecule has 0 aliphatic carbocycles. The first-order valence-electron chi connectivity index (χ1n) is 12.9. The summed E-state index contributed by atoms with van der Waals surface area (Å²) in [5.41, 5.74) is 2.52. The van der Waals surface area contributed by atoms with Crippen LogP contribution in [-0.4, -0.2) is 72.3 Å². The number of halogens is 1. The van der Waals surface area contributed by atoms with E-state index in [1.165, 1.54) is 28.6 Å². The maximum atomic E-state index is 13.6. The Kier molecular flexibility index (Phi) is 9.84. The molecule has 0 unspecified atom stereocenters. The lowest BCUT2D eigenvalue weighted by atomic mass is 10.0. The first-order chi connectivity index (χ1) is 17.5. The lowest BCUT2D eigenvalue weighted by Crippen LogP contribution is -2.51. The molecule has 1 aliphatic rings. The molecule has 1 fully saturated rings. The predicted octanol–water partition coefficient (Wildman–Crippen LogP) is 4.08.